The quantitative estimate of drug-likeness (QED) is 0.860. The van der Waals surface area contributed by atoms with Crippen LogP contribution in [0, 0.1) is 20.8 Å². The Labute approximate surface area is 132 Å². The van der Waals surface area contributed by atoms with Gasteiger partial charge in [0.2, 0.25) is 0 Å². The number of halogens is 1. The van der Waals surface area contributed by atoms with Crippen molar-refractivity contribution in [1.82, 2.24) is 0 Å². The Morgan fingerprint density at radius 1 is 1.00 bits per heavy atom. The number of hydrogen-bond donors (Lipinski definition) is 1. The SMILES string of the molecule is Cc1cc(C)c(CNc2cc(Cl)ccc2N(C)C)c(C)c1. The monoisotopic (exact) mass is 302 g/mol. The number of aryl methyl sites for hydroxylation is 3. The summed E-state index contributed by atoms with van der Waals surface area (Å²) in [6, 6.07) is 10.4. The van der Waals surface area contributed by atoms with Crippen LogP contribution in [0.4, 0.5) is 11.4 Å². The molecule has 2 aromatic rings. The van der Waals surface area contributed by atoms with Gasteiger partial charge in [0.05, 0.1) is 11.4 Å². The summed E-state index contributed by atoms with van der Waals surface area (Å²) in [4.78, 5) is 2.09. The standard InChI is InChI=1S/C18H23ClN2/c1-12-8-13(2)16(14(3)9-12)11-20-17-10-15(19)6-7-18(17)21(4)5/h6-10,20H,11H2,1-5H3. The molecule has 0 aliphatic rings. The van der Waals surface area contributed by atoms with E-state index in [1.165, 1.54) is 22.3 Å². The lowest BCUT2D eigenvalue weighted by molar-refractivity contribution is 1.07. The van der Waals surface area contributed by atoms with Crippen LogP contribution in [0.2, 0.25) is 5.02 Å². The van der Waals surface area contributed by atoms with Gasteiger partial charge >= 0.3 is 0 Å². The van der Waals surface area contributed by atoms with E-state index in [1.807, 2.05) is 32.3 Å². The van der Waals surface area contributed by atoms with Gasteiger partial charge in [0.15, 0.2) is 0 Å². The van der Waals surface area contributed by atoms with Gasteiger partial charge in [-0.25, -0.2) is 0 Å². The van der Waals surface area contributed by atoms with E-state index in [2.05, 4.69) is 43.1 Å². The number of anilines is 2. The second-order valence-corrected chi connectivity index (χ2v) is 6.22. The zero-order valence-electron chi connectivity index (χ0n) is 13.4. The van der Waals surface area contributed by atoms with Crippen molar-refractivity contribution in [2.24, 2.45) is 0 Å². The van der Waals surface area contributed by atoms with Gasteiger partial charge in [0.1, 0.15) is 0 Å². The molecule has 1 N–H and O–H groups in total. The molecule has 0 saturated carbocycles. The zero-order chi connectivity index (χ0) is 15.6. The second-order valence-electron chi connectivity index (χ2n) is 5.79. The first-order valence-electron chi connectivity index (χ1n) is 7.16. The zero-order valence-corrected chi connectivity index (χ0v) is 14.2. The molecule has 0 amide bonds. The van der Waals surface area contributed by atoms with Gasteiger partial charge < -0.3 is 10.2 Å². The molecule has 0 aromatic heterocycles. The summed E-state index contributed by atoms with van der Waals surface area (Å²) in [5.74, 6) is 0. The molecule has 2 rings (SSSR count). The minimum absolute atomic E-state index is 0.750. The van der Waals surface area contributed by atoms with Crippen LogP contribution >= 0.6 is 11.6 Å². The van der Waals surface area contributed by atoms with E-state index in [9.17, 15) is 0 Å². The minimum atomic E-state index is 0.750. The van der Waals surface area contributed by atoms with Crippen LogP contribution in [-0.4, -0.2) is 14.1 Å². The molecule has 0 fully saturated rings. The van der Waals surface area contributed by atoms with Crippen molar-refractivity contribution in [1.29, 1.82) is 0 Å². The van der Waals surface area contributed by atoms with Crippen LogP contribution in [0.3, 0.4) is 0 Å². The second kappa shape index (κ2) is 6.40. The highest BCUT2D eigenvalue weighted by Gasteiger charge is 2.08. The summed E-state index contributed by atoms with van der Waals surface area (Å²) in [6.45, 7) is 7.28. The molecule has 0 unspecified atom stereocenters. The van der Waals surface area contributed by atoms with Crippen LogP contribution in [-0.2, 0) is 6.54 Å². The van der Waals surface area contributed by atoms with E-state index >= 15 is 0 Å². The van der Waals surface area contributed by atoms with Gasteiger partial charge in [-0.2, -0.15) is 0 Å². The molecule has 0 saturated heterocycles. The number of benzene rings is 2. The number of nitrogens with zero attached hydrogens (tertiary/aromatic N) is 1. The minimum Gasteiger partial charge on any atom is -0.379 e. The van der Waals surface area contributed by atoms with Gasteiger partial charge in [-0.1, -0.05) is 29.3 Å². The molecule has 0 atom stereocenters. The Morgan fingerprint density at radius 3 is 2.19 bits per heavy atom. The van der Waals surface area contributed by atoms with Crippen molar-refractivity contribution in [3.05, 3.63) is 57.6 Å². The lowest BCUT2D eigenvalue weighted by Crippen LogP contribution is -2.12. The first kappa shape index (κ1) is 15.7. The topological polar surface area (TPSA) is 15.3 Å². The van der Waals surface area contributed by atoms with Crippen LogP contribution in [0.15, 0.2) is 30.3 Å². The van der Waals surface area contributed by atoms with Crippen molar-refractivity contribution in [3.8, 4) is 0 Å². The molecule has 2 nitrogen and oxygen atoms in total. The molecule has 0 spiro atoms. The Kier molecular flexibility index (Phi) is 4.79. The van der Waals surface area contributed by atoms with Gasteiger partial charge in [-0.3, -0.25) is 0 Å². The molecular weight excluding hydrogens is 280 g/mol. The summed E-state index contributed by atoms with van der Waals surface area (Å²) in [5, 5.41) is 4.28. The number of hydrogen-bond acceptors (Lipinski definition) is 2. The Morgan fingerprint density at radius 2 is 1.62 bits per heavy atom. The third kappa shape index (κ3) is 3.70. The van der Waals surface area contributed by atoms with Gasteiger partial charge in [0.25, 0.3) is 0 Å². The smallest absolute Gasteiger partial charge is 0.0597 e. The maximum absolute atomic E-state index is 6.13. The van der Waals surface area contributed by atoms with Crippen molar-refractivity contribution in [2.45, 2.75) is 27.3 Å². The highest BCUT2D eigenvalue weighted by molar-refractivity contribution is 6.31. The van der Waals surface area contributed by atoms with E-state index in [1.54, 1.807) is 0 Å². The summed E-state index contributed by atoms with van der Waals surface area (Å²) in [5.41, 5.74) is 7.52. The maximum atomic E-state index is 6.13. The lowest BCUT2D eigenvalue weighted by atomic mass is 10.00. The fourth-order valence-electron chi connectivity index (χ4n) is 2.71. The molecule has 2 aromatic carbocycles. The average molecular weight is 303 g/mol. The van der Waals surface area contributed by atoms with Gasteiger partial charge in [-0.15, -0.1) is 0 Å². The lowest BCUT2D eigenvalue weighted by Gasteiger charge is -2.20. The van der Waals surface area contributed by atoms with Crippen LogP contribution in [0.5, 0.6) is 0 Å². The third-order valence-corrected chi connectivity index (χ3v) is 3.97. The van der Waals surface area contributed by atoms with E-state index in [0.29, 0.717) is 0 Å². The summed E-state index contributed by atoms with van der Waals surface area (Å²) >= 11 is 6.13. The van der Waals surface area contributed by atoms with Crippen molar-refractivity contribution in [3.63, 3.8) is 0 Å². The van der Waals surface area contributed by atoms with Crippen molar-refractivity contribution in [2.75, 3.05) is 24.3 Å². The predicted octanol–water partition coefficient (Wildman–Crippen LogP) is 4.94. The van der Waals surface area contributed by atoms with Crippen molar-refractivity contribution >= 4 is 23.0 Å². The first-order valence-corrected chi connectivity index (χ1v) is 7.53. The normalized spacial score (nSPS) is 10.6. The highest BCUT2D eigenvalue weighted by Crippen LogP contribution is 2.29. The molecule has 3 heteroatoms. The molecule has 0 radical (unpaired) electrons. The third-order valence-electron chi connectivity index (χ3n) is 3.74. The predicted molar refractivity (Wildman–Crippen MR) is 93.8 cm³/mol. The Bertz CT molecular complexity index is 625. The number of nitrogens with one attached hydrogen (secondary N) is 1. The van der Waals surface area contributed by atoms with Crippen LogP contribution < -0.4 is 10.2 Å². The number of rotatable bonds is 4. The summed E-state index contributed by atoms with van der Waals surface area (Å²) in [6.07, 6.45) is 0. The first-order chi connectivity index (χ1) is 9.88. The van der Waals surface area contributed by atoms with Crippen LogP contribution in [0.1, 0.15) is 22.3 Å². The largest absolute Gasteiger partial charge is 0.379 e. The molecule has 0 bridgehead atoms. The fourth-order valence-corrected chi connectivity index (χ4v) is 2.88. The summed E-state index contributed by atoms with van der Waals surface area (Å²) in [7, 11) is 4.08. The van der Waals surface area contributed by atoms with Gasteiger partial charge in [0, 0.05) is 25.7 Å². The molecule has 0 aliphatic carbocycles. The average Bonchev–Trinajstić information content (AvgIpc) is 2.37. The summed E-state index contributed by atoms with van der Waals surface area (Å²) < 4.78 is 0. The van der Waals surface area contributed by atoms with E-state index in [-0.39, 0.29) is 0 Å². The molecule has 21 heavy (non-hydrogen) atoms. The van der Waals surface area contributed by atoms with Gasteiger partial charge in [-0.05, 0) is 55.7 Å². The fraction of sp³-hybridized carbons (Fsp3) is 0.333. The van der Waals surface area contributed by atoms with E-state index < -0.39 is 0 Å². The van der Waals surface area contributed by atoms with E-state index in [4.69, 9.17) is 11.6 Å². The molecule has 112 valence electrons. The highest BCUT2D eigenvalue weighted by atomic mass is 35.5. The Balaban J connectivity index is 2.26. The molecule has 0 aliphatic heterocycles. The van der Waals surface area contributed by atoms with Crippen molar-refractivity contribution < 1.29 is 0 Å². The van der Waals surface area contributed by atoms with E-state index in [0.717, 1.165) is 22.9 Å². The Hall–Kier alpha value is -1.67. The molecular formula is C18H23ClN2. The molecule has 0 heterocycles. The van der Waals surface area contributed by atoms with Crippen LogP contribution in [0.25, 0.3) is 0 Å². The maximum Gasteiger partial charge on any atom is 0.0597 e.